The lowest BCUT2D eigenvalue weighted by Gasteiger charge is -2.21. The standard InChI is InChI=1S/C79H130O17P2/c1-5-9-13-17-21-25-29-33-36-40-43-47-51-55-59-63-76(81)89-69-74(95-78(83)65-61-57-53-49-45-39-32-28-24-20-16-12-8-4)71-93-97(85,86)91-67-73(80)68-92-98(87,88)94-72-75(96-79(84)66-62-58-54-50-46-42-38-35-31-27-23-19-15-11-7-3)70-90-77(82)64-60-56-52-48-44-41-37-34-30-26-22-18-14-10-6-2/h10-11,14-16,20,22-23,26-28,32-38,44,46,48,50,56,60,73-75,80H,5-9,12-13,17-19,21,24-25,29-31,39-43,45,47,49,51-55,57-59,61-72H2,1-4H3,(H,85,86)(H,87,88)/b14-10-,15-11-,20-16-,26-22-,27-23-,32-28-,36-33-,37-34-,38-35-,48-44-,50-46-,60-56-. The van der Waals surface area contributed by atoms with Crippen LogP contribution in [-0.2, 0) is 65.4 Å². The maximum Gasteiger partial charge on any atom is 0.472 e. The van der Waals surface area contributed by atoms with Crippen LogP contribution in [-0.4, -0.2) is 96.7 Å². The molecule has 558 valence electrons. The molecular weight excluding hydrogens is 1280 g/mol. The fourth-order valence-corrected chi connectivity index (χ4v) is 10.8. The van der Waals surface area contributed by atoms with Crippen LogP contribution in [0.4, 0.5) is 0 Å². The quantitative estimate of drug-likeness (QED) is 0.0169. The summed E-state index contributed by atoms with van der Waals surface area (Å²) < 4.78 is 68.2. The maximum atomic E-state index is 13.1. The summed E-state index contributed by atoms with van der Waals surface area (Å²) in [5.74, 6) is -2.41. The normalized spacial score (nSPS) is 14.8. The fraction of sp³-hybridized carbons (Fsp3) is 0.646. The number of unbranched alkanes of at least 4 members (excludes halogenated alkanes) is 19. The highest BCUT2D eigenvalue weighted by molar-refractivity contribution is 7.47. The van der Waals surface area contributed by atoms with Crippen LogP contribution in [0.2, 0.25) is 0 Å². The summed E-state index contributed by atoms with van der Waals surface area (Å²) in [5.41, 5.74) is 0. The van der Waals surface area contributed by atoms with E-state index < -0.39 is 97.5 Å². The van der Waals surface area contributed by atoms with Gasteiger partial charge >= 0.3 is 39.5 Å². The van der Waals surface area contributed by atoms with Crippen molar-refractivity contribution in [2.45, 2.75) is 290 Å². The monoisotopic (exact) mass is 1410 g/mol. The van der Waals surface area contributed by atoms with Crippen LogP contribution in [0, 0.1) is 0 Å². The molecule has 0 rings (SSSR count). The highest BCUT2D eigenvalue weighted by Crippen LogP contribution is 2.45. The largest absolute Gasteiger partial charge is 0.472 e. The number of phosphoric acid groups is 2. The van der Waals surface area contributed by atoms with E-state index in [0.717, 1.165) is 148 Å². The van der Waals surface area contributed by atoms with Gasteiger partial charge in [-0.15, -0.1) is 0 Å². The van der Waals surface area contributed by atoms with Crippen molar-refractivity contribution in [2.75, 3.05) is 39.6 Å². The summed E-state index contributed by atoms with van der Waals surface area (Å²) in [7, 11) is -10.00. The van der Waals surface area contributed by atoms with Crippen molar-refractivity contribution in [1.29, 1.82) is 0 Å². The van der Waals surface area contributed by atoms with Gasteiger partial charge in [-0.25, -0.2) is 9.13 Å². The van der Waals surface area contributed by atoms with Crippen LogP contribution >= 0.6 is 15.6 Å². The molecule has 0 aromatic heterocycles. The van der Waals surface area contributed by atoms with Gasteiger partial charge < -0.3 is 33.8 Å². The van der Waals surface area contributed by atoms with Crippen LogP contribution in [0.25, 0.3) is 0 Å². The van der Waals surface area contributed by atoms with Gasteiger partial charge in [-0.1, -0.05) is 251 Å². The topological polar surface area (TPSA) is 237 Å². The number of esters is 4. The van der Waals surface area contributed by atoms with Crippen molar-refractivity contribution < 1.29 is 80.2 Å². The number of rotatable bonds is 68. The van der Waals surface area contributed by atoms with Crippen molar-refractivity contribution in [3.63, 3.8) is 0 Å². The van der Waals surface area contributed by atoms with Crippen molar-refractivity contribution in [1.82, 2.24) is 0 Å². The van der Waals surface area contributed by atoms with Gasteiger partial charge in [0.2, 0.25) is 0 Å². The average Bonchev–Trinajstić information content (AvgIpc) is 1.04. The highest BCUT2D eigenvalue weighted by Gasteiger charge is 2.30. The smallest absolute Gasteiger partial charge is 0.462 e. The molecule has 0 aromatic rings. The number of carbonyl (C=O) groups is 4. The molecule has 0 saturated heterocycles. The Hall–Kier alpha value is -5.06. The van der Waals surface area contributed by atoms with Crippen molar-refractivity contribution in [3.05, 3.63) is 146 Å². The zero-order chi connectivity index (χ0) is 71.8. The Labute approximate surface area is 592 Å². The second-order valence-corrected chi connectivity index (χ2v) is 27.0. The van der Waals surface area contributed by atoms with Crippen molar-refractivity contribution >= 4 is 39.5 Å². The molecule has 0 aliphatic heterocycles. The first kappa shape index (κ1) is 92.9. The minimum absolute atomic E-state index is 0.0182. The maximum absolute atomic E-state index is 13.1. The van der Waals surface area contributed by atoms with Gasteiger partial charge in [0.15, 0.2) is 12.2 Å². The Balaban J connectivity index is 5.47. The first-order valence-electron chi connectivity index (χ1n) is 37.1. The van der Waals surface area contributed by atoms with Gasteiger partial charge in [-0.2, -0.15) is 0 Å². The first-order chi connectivity index (χ1) is 47.7. The van der Waals surface area contributed by atoms with E-state index in [1.807, 2.05) is 24.3 Å². The zero-order valence-electron chi connectivity index (χ0n) is 60.7. The molecule has 5 unspecified atom stereocenters. The molecule has 17 nitrogen and oxygen atoms in total. The number of ether oxygens (including phenoxy) is 4. The fourth-order valence-electron chi connectivity index (χ4n) is 9.20. The molecule has 19 heteroatoms. The summed E-state index contributed by atoms with van der Waals surface area (Å²) >= 11 is 0. The second-order valence-electron chi connectivity index (χ2n) is 24.1. The molecule has 0 amide bonds. The highest BCUT2D eigenvalue weighted by atomic mass is 31.2. The molecule has 0 bridgehead atoms. The number of phosphoric ester groups is 2. The Bertz CT molecular complexity index is 2430. The van der Waals surface area contributed by atoms with Crippen LogP contribution < -0.4 is 0 Å². The van der Waals surface area contributed by atoms with Crippen LogP contribution in [0.5, 0.6) is 0 Å². The number of aliphatic hydroxyl groups is 1. The Morgan fingerprint density at radius 2 is 0.592 bits per heavy atom. The average molecular weight is 1410 g/mol. The lowest BCUT2D eigenvalue weighted by molar-refractivity contribution is -0.161. The lowest BCUT2D eigenvalue weighted by atomic mass is 10.1. The number of carbonyl (C=O) groups excluding carboxylic acids is 4. The summed E-state index contributed by atoms with van der Waals surface area (Å²) in [4.78, 5) is 72.7. The van der Waals surface area contributed by atoms with Gasteiger partial charge in [-0.3, -0.25) is 37.3 Å². The van der Waals surface area contributed by atoms with Crippen LogP contribution in [0.1, 0.15) is 272 Å². The molecular formula is C79H130O17P2. The SMILES string of the molecule is CC/C=C\C/C=C\C/C=C\C/C=C\C/C=C\CC(=O)OCC(COP(=O)(O)OCC(O)COP(=O)(O)OCC(COC(=O)CCCCCCC/C=C\CCCCCCCC)OC(=O)CCCCCCC/C=C\C/C=C\CCC)OC(=O)CCCC/C=C\C/C=C\C/C=C\C/C=C\CC. The minimum Gasteiger partial charge on any atom is -0.462 e. The molecule has 98 heavy (non-hydrogen) atoms. The Morgan fingerprint density at radius 1 is 0.306 bits per heavy atom. The molecule has 0 radical (unpaired) electrons. The summed E-state index contributed by atoms with van der Waals surface area (Å²) in [6.45, 7) is 4.36. The molecule has 0 heterocycles. The van der Waals surface area contributed by atoms with Gasteiger partial charge in [0, 0.05) is 19.3 Å². The first-order valence-corrected chi connectivity index (χ1v) is 40.1. The second kappa shape index (κ2) is 70.4. The van der Waals surface area contributed by atoms with E-state index in [9.17, 15) is 43.2 Å². The Morgan fingerprint density at radius 3 is 0.980 bits per heavy atom. The van der Waals surface area contributed by atoms with E-state index in [-0.39, 0.29) is 25.7 Å². The molecule has 0 spiro atoms. The van der Waals surface area contributed by atoms with E-state index in [1.54, 1.807) is 6.08 Å². The number of hydrogen-bond acceptors (Lipinski definition) is 15. The van der Waals surface area contributed by atoms with Gasteiger partial charge in [-0.05, 0) is 141 Å². The third kappa shape index (κ3) is 69.4. The number of hydrogen-bond donors (Lipinski definition) is 3. The number of aliphatic hydroxyl groups excluding tert-OH is 1. The van der Waals surface area contributed by atoms with Gasteiger partial charge in [0.1, 0.15) is 19.3 Å². The van der Waals surface area contributed by atoms with Crippen molar-refractivity contribution in [2.24, 2.45) is 0 Å². The number of allylic oxidation sites excluding steroid dienone is 23. The van der Waals surface area contributed by atoms with E-state index in [1.165, 1.54) is 38.5 Å². The van der Waals surface area contributed by atoms with E-state index in [4.69, 9.17) is 37.0 Å². The predicted octanol–water partition coefficient (Wildman–Crippen LogP) is 21.1. The molecule has 0 aliphatic carbocycles. The van der Waals surface area contributed by atoms with Crippen LogP contribution in [0.15, 0.2) is 146 Å². The van der Waals surface area contributed by atoms with Gasteiger partial charge in [0.25, 0.3) is 0 Å². The van der Waals surface area contributed by atoms with Crippen LogP contribution in [0.3, 0.4) is 0 Å². The molecule has 0 aromatic carbocycles. The summed E-state index contributed by atoms with van der Waals surface area (Å²) in [6.07, 6.45) is 78.8. The van der Waals surface area contributed by atoms with Crippen molar-refractivity contribution in [3.8, 4) is 0 Å². The third-order valence-electron chi connectivity index (χ3n) is 14.8. The predicted molar refractivity (Wildman–Crippen MR) is 399 cm³/mol. The summed E-state index contributed by atoms with van der Waals surface area (Å²) in [6, 6.07) is 0. The third-order valence-corrected chi connectivity index (χ3v) is 16.7. The van der Waals surface area contributed by atoms with E-state index >= 15 is 0 Å². The Kier molecular flexibility index (Phi) is 66.7. The lowest BCUT2D eigenvalue weighted by Crippen LogP contribution is -2.30. The summed E-state index contributed by atoms with van der Waals surface area (Å²) in [5, 5.41) is 10.6. The zero-order valence-corrected chi connectivity index (χ0v) is 62.4. The molecule has 3 N–H and O–H groups in total. The van der Waals surface area contributed by atoms with Gasteiger partial charge in [0.05, 0.1) is 32.8 Å². The molecule has 5 atom stereocenters. The minimum atomic E-state index is -5.01. The van der Waals surface area contributed by atoms with E-state index in [2.05, 4.69) is 143 Å². The molecule has 0 aliphatic rings. The molecule has 0 saturated carbocycles. The van der Waals surface area contributed by atoms with E-state index in [0.29, 0.717) is 32.1 Å². The molecule has 0 fully saturated rings.